The number of rotatable bonds is 7. The quantitative estimate of drug-likeness (QED) is 0.787. The minimum atomic E-state index is -2.94. The summed E-state index contributed by atoms with van der Waals surface area (Å²) < 4.78 is 24.2. The van der Waals surface area contributed by atoms with Gasteiger partial charge in [-0.25, -0.2) is 8.42 Å². The van der Waals surface area contributed by atoms with E-state index in [0.717, 1.165) is 9.21 Å². The summed E-state index contributed by atoms with van der Waals surface area (Å²) in [4.78, 5) is 1.12. The Hall–Kier alpha value is -0.100. The molecule has 0 aliphatic rings. The van der Waals surface area contributed by atoms with Crippen LogP contribution in [0.4, 0.5) is 0 Å². The van der Waals surface area contributed by atoms with Crippen molar-refractivity contribution in [2.45, 2.75) is 32.1 Å². The van der Waals surface area contributed by atoms with Crippen LogP contribution in [-0.2, 0) is 16.4 Å². The minimum Gasteiger partial charge on any atom is -0.311 e. The molecule has 0 aromatic carbocycles. The Morgan fingerprint density at radius 1 is 1.47 bits per heavy atom. The van der Waals surface area contributed by atoms with Crippen molar-refractivity contribution in [1.82, 2.24) is 5.32 Å². The topological polar surface area (TPSA) is 46.2 Å². The van der Waals surface area contributed by atoms with Gasteiger partial charge in [0.15, 0.2) is 9.84 Å². The molecule has 0 amide bonds. The number of halogens is 1. The maximum Gasteiger partial charge on any atom is 0.154 e. The molecule has 0 bridgehead atoms. The Labute approximate surface area is 112 Å². The fourth-order valence-corrected chi connectivity index (χ4v) is 3.72. The molecule has 0 saturated carbocycles. The lowest BCUT2D eigenvalue weighted by molar-refractivity contribution is 0.576. The predicted molar refractivity (Wildman–Crippen MR) is 74.6 cm³/mol. The Morgan fingerprint density at radius 3 is 2.71 bits per heavy atom. The third kappa shape index (κ3) is 4.95. The normalized spacial score (nSPS) is 13.8. The summed E-state index contributed by atoms with van der Waals surface area (Å²) in [6, 6.07) is 3.79. The van der Waals surface area contributed by atoms with E-state index in [4.69, 9.17) is 11.6 Å². The summed E-state index contributed by atoms with van der Waals surface area (Å²) in [7, 11) is -2.94. The van der Waals surface area contributed by atoms with Crippen LogP contribution in [0, 0.1) is 0 Å². The van der Waals surface area contributed by atoms with Gasteiger partial charge in [0.25, 0.3) is 0 Å². The largest absolute Gasteiger partial charge is 0.311 e. The zero-order valence-corrected chi connectivity index (χ0v) is 12.5. The second-order valence-corrected chi connectivity index (χ2v) is 8.31. The number of nitrogens with one attached hydrogen (secondary N) is 1. The molecular weight excluding hydrogens is 278 g/mol. The van der Waals surface area contributed by atoms with Crippen molar-refractivity contribution >= 4 is 32.8 Å². The molecule has 0 aliphatic heterocycles. The van der Waals surface area contributed by atoms with Crippen molar-refractivity contribution in [3.8, 4) is 0 Å². The summed E-state index contributed by atoms with van der Waals surface area (Å²) in [6.45, 7) is 4.81. The van der Waals surface area contributed by atoms with Gasteiger partial charge in [-0.2, -0.15) is 0 Å². The lowest BCUT2D eigenvalue weighted by Crippen LogP contribution is -2.27. The molecule has 0 spiro atoms. The van der Waals surface area contributed by atoms with Crippen molar-refractivity contribution in [2.75, 3.05) is 12.3 Å². The minimum absolute atomic E-state index is 0.196. The standard InChI is InChI=1S/C11H18ClNO2S2/c1-3-9(2)17(14,15)7-6-13-8-10-4-5-11(12)16-10/h4-5,9,13H,3,6-8H2,1-2H3. The summed E-state index contributed by atoms with van der Waals surface area (Å²) in [5.41, 5.74) is 0. The first-order chi connectivity index (χ1) is 7.95. The predicted octanol–water partition coefficient (Wildman–Crippen LogP) is 2.70. The molecule has 6 heteroatoms. The summed E-state index contributed by atoms with van der Waals surface area (Å²) >= 11 is 7.31. The van der Waals surface area contributed by atoms with Crippen molar-refractivity contribution in [3.05, 3.63) is 21.3 Å². The van der Waals surface area contributed by atoms with Gasteiger partial charge >= 0.3 is 0 Å². The lowest BCUT2D eigenvalue weighted by atomic mass is 10.4. The van der Waals surface area contributed by atoms with E-state index < -0.39 is 9.84 Å². The van der Waals surface area contributed by atoms with Crippen LogP contribution < -0.4 is 5.32 Å². The molecule has 98 valence electrons. The van der Waals surface area contributed by atoms with Gasteiger partial charge in [-0.05, 0) is 25.5 Å². The molecule has 1 rings (SSSR count). The van der Waals surface area contributed by atoms with Crippen molar-refractivity contribution < 1.29 is 8.42 Å². The molecule has 1 aromatic rings. The van der Waals surface area contributed by atoms with Gasteiger partial charge in [-0.1, -0.05) is 18.5 Å². The number of thiophene rings is 1. The molecule has 0 fully saturated rings. The number of hydrogen-bond acceptors (Lipinski definition) is 4. The molecule has 0 radical (unpaired) electrons. The molecule has 0 saturated heterocycles. The Balaban J connectivity index is 2.29. The van der Waals surface area contributed by atoms with E-state index in [0.29, 0.717) is 19.5 Å². The molecule has 17 heavy (non-hydrogen) atoms. The highest BCUT2D eigenvalue weighted by molar-refractivity contribution is 7.92. The van der Waals surface area contributed by atoms with Gasteiger partial charge in [0.1, 0.15) is 0 Å². The first kappa shape index (κ1) is 15.0. The van der Waals surface area contributed by atoms with E-state index in [1.807, 2.05) is 19.1 Å². The van der Waals surface area contributed by atoms with E-state index >= 15 is 0 Å². The molecular formula is C11H18ClNO2S2. The van der Waals surface area contributed by atoms with Gasteiger partial charge in [-0.15, -0.1) is 11.3 Å². The van der Waals surface area contributed by atoms with Crippen LogP contribution in [0.2, 0.25) is 4.34 Å². The number of sulfone groups is 1. The molecule has 1 atom stereocenters. The number of hydrogen-bond donors (Lipinski definition) is 1. The van der Waals surface area contributed by atoms with Gasteiger partial charge in [-0.3, -0.25) is 0 Å². The van der Waals surface area contributed by atoms with E-state index in [1.54, 1.807) is 6.92 Å². The molecule has 3 nitrogen and oxygen atoms in total. The second kappa shape index (κ2) is 6.73. The maximum absolute atomic E-state index is 11.7. The van der Waals surface area contributed by atoms with E-state index in [-0.39, 0.29) is 11.0 Å². The average molecular weight is 296 g/mol. The van der Waals surface area contributed by atoms with E-state index in [9.17, 15) is 8.42 Å². The zero-order valence-electron chi connectivity index (χ0n) is 10.1. The van der Waals surface area contributed by atoms with Gasteiger partial charge < -0.3 is 5.32 Å². The Bertz CT molecular complexity index is 442. The van der Waals surface area contributed by atoms with Gasteiger partial charge in [0, 0.05) is 18.0 Å². The average Bonchev–Trinajstić information content (AvgIpc) is 2.69. The third-order valence-corrected chi connectivity index (χ3v) is 6.24. The van der Waals surface area contributed by atoms with Crippen LogP contribution in [0.25, 0.3) is 0 Å². The van der Waals surface area contributed by atoms with Gasteiger partial charge in [0.2, 0.25) is 0 Å². The van der Waals surface area contributed by atoms with Crippen LogP contribution in [0.1, 0.15) is 25.1 Å². The third-order valence-electron chi connectivity index (χ3n) is 2.68. The Morgan fingerprint density at radius 2 is 2.18 bits per heavy atom. The molecule has 1 unspecified atom stereocenters. The SMILES string of the molecule is CCC(C)S(=O)(=O)CCNCc1ccc(Cl)s1. The molecule has 1 aromatic heterocycles. The van der Waals surface area contributed by atoms with Crippen LogP contribution in [0.15, 0.2) is 12.1 Å². The maximum atomic E-state index is 11.7. The first-order valence-electron chi connectivity index (χ1n) is 5.62. The van der Waals surface area contributed by atoms with Gasteiger partial charge in [0.05, 0.1) is 15.3 Å². The van der Waals surface area contributed by atoms with Crippen molar-refractivity contribution in [3.63, 3.8) is 0 Å². The van der Waals surface area contributed by atoms with Crippen LogP contribution in [0.3, 0.4) is 0 Å². The zero-order chi connectivity index (χ0) is 12.9. The first-order valence-corrected chi connectivity index (χ1v) is 8.53. The second-order valence-electron chi connectivity index (χ2n) is 3.97. The smallest absolute Gasteiger partial charge is 0.154 e. The summed E-state index contributed by atoms with van der Waals surface area (Å²) in [6.07, 6.45) is 0.670. The molecule has 0 aliphatic carbocycles. The van der Waals surface area contributed by atoms with E-state index in [2.05, 4.69) is 5.32 Å². The highest BCUT2D eigenvalue weighted by atomic mass is 35.5. The Kier molecular flexibility index (Phi) is 5.92. The van der Waals surface area contributed by atoms with E-state index in [1.165, 1.54) is 11.3 Å². The highest BCUT2D eigenvalue weighted by Crippen LogP contribution is 2.20. The fourth-order valence-electron chi connectivity index (χ4n) is 1.33. The monoisotopic (exact) mass is 295 g/mol. The summed E-state index contributed by atoms with van der Waals surface area (Å²) in [5, 5.41) is 2.87. The lowest BCUT2D eigenvalue weighted by Gasteiger charge is -2.10. The fraction of sp³-hybridized carbons (Fsp3) is 0.636. The van der Waals surface area contributed by atoms with Crippen molar-refractivity contribution in [1.29, 1.82) is 0 Å². The van der Waals surface area contributed by atoms with Crippen LogP contribution in [0.5, 0.6) is 0 Å². The van der Waals surface area contributed by atoms with Crippen molar-refractivity contribution in [2.24, 2.45) is 0 Å². The highest BCUT2D eigenvalue weighted by Gasteiger charge is 2.17. The van der Waals surface area contributed by atoms with Crippen LogP contribution in [-0.4, -0.2) is 26.0 Å². The molecule has 1 heterocycles. The molecule has 1 N–H and O–H groups in total. The van der Waals surface area contributed by atoms with Crippen LogP contribution >= 0.6 is 22.9 Å². The summed E-state index contributed by atoms with van der Waals surface area (Å²) in [5.74, 6) is 0.196.